The van der Waals surface area contributed by atoms with Crippen LogP contribution in [0.1, 0.15) is 45.2 Å². The average molecular weight is 453 g/mol. The number of rotatable bonds is 7. The maximum atomic E-state index is 13.2. The zero-order valence-corrected chi connectivity index (χ0v) is 19.1. The number of hydrogen-bond donors (Lipinski definition) is 1. The fourth-order valence-electron chi connectivity index (χ4n) is 3.09. The Morgan fingerprint density at radius 2 is 1.63 bits per heavy atom. The van der Waals surface area contributed by atoms with Crippen LogP contribution in [0.2, 0.25) is 10.0 Å². The zero-order valence-electron chi connectivity index (χ0n) is 17.6. The van der Waals surface area contributed by atoms with Gasteiger partial charge in [0.2, 0.25) is 11.8 Å². The summed E-state index contributed by atoms with van der Waals surface area (Å²) >= 11 is 12.1. The van der Waals surface area contributed by atoms with Crippen LogP contribution in [-0.4, -0.2) is 28.3 Å². The van der Waals surface area contributed by atoms with Gasteiger partial charge in [-0.3, -0.25) is 9.59 Å². The van der Waals surface area contributed by atoms with Gasteiger partial charge < -0.3 is 10.2 Å². The van der Waals surface area contributed by atoms with Crippen LogP contribution in [0.5, 0.6) is 0 Å². The summed E-state index contributed by atoms with van der Waals surface area (Å²) in [6, 6.07) is 10.2. The van der Waals surface area contributed by atoms with Crippen LogP contribution < -0.4 is 5.32 Å². The minimum atomic E-state index is -0.661. The third-order valence-electron chi connectivity index (χ3n) is 4.49. The molecule has 4 nitrogen and oxygen atoms in total. The summed E-state index contributed by atoms with van der Waals surface area (Å²) in [4.78, 5) is 27.7. The molecule has 0 saturated carbocycles. The number of halogens is 3. The van der Waals surface area contributed by atoms with E-state index in [4.69, 9.17) is 23.2 Å². The normalized spacial score (nSPS) is 12.4. The number of carbonyl (C=O) groups excluding carboxylic acids is 2. The Bertz CT molecular complexity index is 895. The van der Waals surface area contributed by atoms with E-state index in [2.05, 4.69) is 5.32 Å². The molecule has 0 saturated heterocycles. The Labute approximate surface area is 187 Å². The molecular weight excluding hydrogens is 426 g/mol. The highest BCUT2D eigenvalue weighted by Crippen LogP contribution is 2.24. The number of nitrogens with one attached hydrogen (secondary N) is 1. The molecule has 0 aliphatic carbocycles. The Hall–Kier alpha value is -2.11. The van der Waals surface area contributed by atoms with Gasteiger partial charge in [0.05, 0.1) is 16.5 Å². The van der Waals surface area contributed by atoms with Crippen LogP contribution in [-0.2, 0) is 22.6 Å². The first-order valence-corrected chi connectivity index (χ1v) is 10.6. The Kier molecular flexibility index (Phi) is 8.27. The lowest BCUT2D eigenvalue weighted by atomic mass is 10.0. The maximum Gasteiger partial charge on any atom is 0.243 e. The van der Waals surface area contributed by atoms with Gasteiger partial charge in [-0.1, -0.05) is 48.3 Å². The van der Waals surface area contributed by atoms with E-state index in [1.54, 1.807) is 35.2 Å². The summed E-state index contributed by atoms with van der Waals surface area (Å²) in [5.74, 6) is -0.823. The molecule has 0 spiro atoms. The van der Waals surface area contributed by atoms with E-state index < -0.39 is 11.6 Å². The Morgan fingerprint density at radius 1 is 1.03 bits per heavy atom. The van der Waals surface area contributed by atoms with Gasteiger partial charge in [0.25, 0.3) is 0 Å². The first kappa shape index (κ1) is 24.2. The lowest BCUT2D eigenvalue weighted by Gasteiger charge is -2.33. The molecule has 0 unspecified atom stereocenters. The lowest BCUT2D eigenvalue weighted by Crippen LogP contribution is -2.53. The summed E-state index contributed by atoms with van der Waals surface area (Å²) in [5, 5.41) is 3.75. The van der Waals surface area contributed by atoms with Gasteiger partial charge in [-0.15, -0.1) is 0 Å². The predicted molar refractivity (Wildman–Crippen MR) is 119 cm³/mol. The van der Waals surface area contributed by atoms with Gasteiger partial charge in [-0.05, 0) is 62.6 Å². The molecule has 2 aromatic carbocycles. The lowest BCUT2D eigenvalue weighted by molar-refractivity contribution is -0.141. The number of benzene rings is 2. The van der Waals surface area contributed by atoms with Gasteiger partial charge >= 0.3 is 0 Å². The van der Waals surface area contributed by atoms with Crippen LogP contribution in [0, 0.1) is 5.82 Å². The van der Waals surface area contributed by atoms with E-state index >= 15 is 0 Å². The molecule has 0 aromatic heterocycles. The quantitative estimate of drug-likeness (QED) is 0.611. The average Bonchev–Trinajstić information content (AvgIpc) is 2.64. The minimum Gasteiger partial charge on any atom is -0.350 e. The molecule has 162 valence electrons. The molecule has 0 radical (unpaired) electrons. The van der Waals surface area contributed by atoms with Crippen molar-refractivity contribution >= 4 is 35.0 Å². The molecule has 0 fully saturated rings. The number of amides is 2. The van der Waals surface area contributed by atoms with Crippen molar-refractivity contribution in [3.8, 4) is 0 Å². The van der Waals surface area contributed by atoms with Crippen molar-refractivity contribution in [3.05, 3.63) is 69.5 Å². The monoisotopic (exact) mass is 452 g/mol. The van der Waals surface area contributed by atoms with Crippen molar-refractivity contribution in [1.29, 1.82) is 0 Å². The third kappa shape index (κ3) is 6.99. The molecule has 0 aliphatic heterocycles. The van der Waals surface area contributed by atoms with Gasteiger partial charge in [0, 0.05) is 12.1 Å². The van der Waals surface area contributed by atoms with Crippen LogP contribution in [0.4, 0.5) is 4.39 Å². The van der Waals surface area contributed by atoms with Gasteiger partial charge in [0.1, 0.15) is 11.9 Å². The molecule has 30 heavy (non-hydrogen) atoms. The van der Waals surface area contributed by atoms with Gasteiger partial charge in [-0.2, -0.15) is 0 Å². The number of hydrogen-bond acceptors (Lipinski definition) is 2. The van der Waals surface area contributed by atoms with Crippen LogP contribution in [0.25, 0.3) is 0 Å². The van der Waals surface area contributed by atoms with E-state index in [0.717, 1.165) is 5.56 Å². The highest BCUT2D eigenvalue weighted by atomic mass is 35.5. The molecule has 0 heterocycles. The molecule has 1 atom stereocenters. The van der Waals surface area contributed by atoms with Gasteiger partial charge in [0.15, 0.2) is 0 Å². The molecule has 0 aliphatic rings. The van der Waals surface area contributed by atoms with E-state index in [-0.39, 0.29) is 30.6 Å². The maximum absolute atomic E-state index is 13.2. The van der Waals surface area contributed by atoms with Crippen molar-refractivity contribution in [2.24, 2.45) is 0 Å². The standard InChI is InChI=1S/C23H27Cl2FN2O2/c1-5-20(22(30)27-23(2,3)4)28(14-16-8-11-18(24)19(25)12-16)21(29)13-15-6-9-17(26)10-7-15/h6-12,20H,5,13-14H2,1-4H3,(H,27,30)/t20-/m0/s1. The molecule has 2 rings (SSSR count). The largest absolute Gasteiger partial charge is 0.350 e. The van der Waals surface area contributed by atoms with E-state index in [0.29, 0.717) is 22.0 Å². The SMILES string of the molecule is CC[C@@H](C(=O)NC(C)(C)C)N(Cc1ccc(Cl)c(Cl)c1)C(=O)Cc1ccc(F)cc1. The third-order valence-corrected chi connectivity index (χ3v) is 5.23. The van der Waals surface area contributed by atoms with Gasteiger partial charge in [-0.25, -0.2) is 4.39 Å². The van der Waals surface area contributed by atoms with Crippen molar-refractivity contribution in [2.45, 2.75) is 58.7 Å². The molecular formula is C23H27Cl2FN2O2. The topological polar surface area (TPSA) is 49.4 Å². The summed E-state index contributed by atoms with van der Waals surface area (Å²) in [6.07, 6.45) is 0.499. The summed E-state index contributed by atoms with van der Waals surface area (Å²) in [5.41, 5.74) is 1.00. The highest BCUT2D eigenvalue weighted by Gasteiger charge is 2.30. The van der Waals surface area contributed by atoms with Crippen molar-refractivity contribution in [1.82, 2.24) is 10.2 Å². The van der Waals surface area contributed by atoms with Crippen LogP contribution in [0.3, 0.4) is 0 Å². The first-order valence-electron chi connectivity index (χ1n) is 9.80. The second kappa shape index (κ2) is 10.3. The molecule has 2 amide bonds. The second-order valence-corrected chi connectivity index (χ2v) is 9.05. The molecule has 1 N–H and O–H groups in total. The van der Waals surface area contributed by atoms with E-state index in [1.807, 2.05) is 27.7 Å². The van der Waals surface area contributed by atoms with E-state index in [9.17, 15) is 14.0 Å². The minimum absolute atomic E-state index is 0.0564. The zero-order chi connectivity index (χ0) is 22.5. The number of nitrogens with zero attached hydrogens (tertiary/aromatic N) is 1. The Balaban J connectivity index is 2.33. The van der Waals surface area contributed by atoms with Crippen LogP contribution >= 0.6 is 23.2 Å². The summed E-state index contributed by atoms with van der Waals surface area (Å²) < 4.78 is 13.2. The summed E-state index contributed by atoms with van der Waals surface area (Å²) in [6.45, 7) is 7.73. The first-order chi connectivity index (χ1) is 14.0. The predicted octanol–water partition coefficient (Wildman–Crippen LogP) is 5.40. The molecule has 0 bridgehead atoms. The van der Waals surface area contributed by atoms with Crippen molar-refractivity contribution < 1.29 is 14.0 Å². The fraction of sp³-hybridized carbons (Fsp3) is 0.391. The smallest absolute Gasteiger partial charge is 0.243 e. The fourth-order valence-corrected chi connectivity index (χ4v) is 3.41. The molecule has 2 aromatic rings. The van der Waals surface area contributed by atoms with Crippen molar-refractivity contribution in [3.63, 3.8) is 0 Å². The molecule has 7 heteroatoms. The van der Waals surface area contributed by atoms with Crippen LogP contribution in [0.15, 0.2) is 42.5 Å². The number of carbonyl (C=O) groups is 2. The van der Waals surface area contributed by atoms with Crippen molar-refractivity contribution in [2.75, 3.05) is 0 Å². The van der Waals surface area contributed by atoms with E-state index in [1.165, 1.54) is 12.1 Å². The Morgan fingerprint density at radius 3 is 2.17 bits per heavy atom. The summed E-state index contributed by atoms with van der Waals surface area (Å²) in [7, 11) is 0. The second-order valence-electron chi connectivity index (χ2n) is 8.24. The highest BCUT2D eigenvalue weighted by molar-refractivity contribution is 6.42.